The molecule has 1 aromatic heterocycles. The van der Waals surface area contributed by atoms with Crippen molar-refractivity contribution in [3.63, 3.8) is 0 Å². The van der Waals surface area contributed by atoms with E-state index >= 15 is 0 Å². The van der Waals surface area contributed by atoms with E-state index in [9.17, 15) is 4.79 Å². The number of amidine groups is 1. The van der Waals surface area contributed by atoms with Gasteiger partial charge in [0.2, 0.25) is 0 Å². The van der Waals surface area contributed by atoms with Gasteiger partial charge in [-0.25, -0.2) is 4.99 Å². The van der Waals surface area contributed by atoms with E-state index < -0.39 is 0 Å². The van der Waals surface area contributed by atoms with Crippen LogP contribution in [0.5, 0.6) is 0 Å². The molecule has 4 rings (SSSR count). The Balaban J connectivity index is 1.64. The Morgan fingerprint density at radius 2 is 1.64 bits per heavy atom. The fourth-order valence-electron chi connectivity index (χ4n) is 2.57. The topological polar surface area (TPSA) is 54.6 Å². The monoisotopic (exact) mass is 448 g/mol. The van der Waals surface area contributed by atoms with Gasteiger partial charge in [-0.2, -0.15) is 0 Å². The quantitative estimate of drug-likeness (QED) is 0.452. The maximum absolute atomic E-state index is 11.8. The number of rotatable bonds is 3. The lowest BCUT2D eigenvalue weighted by molar-refractivity contribution is 0.265. The maximum atomic E-state index is 11.8. The number of carbonyl (C=O) groups excluding carboxylic acids is 1. The molecule has 0 atom stereocenters. The highest BCUT2D eigenvalue weighted by Crippen LogP contribution is 2.32. The van der Waals surface area contributed by atoms with Crippen LogP contribution in [0.15, 0.2) is 68.9 Å². The SMILES string of the molecule is O=C1NC(=Nc2ccc(Cl)cc2)C(=Cc2ccc(-c3cc(Cl)cc(Cl)c3)o2)S1. The van der Waals surface area contributed by atoms with Crippen LogP contribution in [0.2, 0.25) is 15.1 Å². The molecule has 2 aromatic carbocycles. The molecule has 1 saturated heterocycles. The van der Waals surface area contributed by atoms with Crippen LogP contribution in [-0.4, -0.2) is 11.1 Å². The molecule has 8 heteroatoms. The van der Waals surface area contributed by atoms with Crippen LogP contribution in [0.3, 0.4) is 0 Å². The first-order chi connectivity index (χ1) is 13.5. The lowest BCUT2D eigenvalue weighted by Gasteiger charge is -2.00. The number of halogens is 3. The first-order valence-corrected chi connectivity index (χ1v) is 10.0. The average Bonchev–Trinajstić information content (AvgIpc) is 3.23. The second-order valence-electron chi connectivity index (χ2n) is 5.82. The summed E-state index contributed by atoms with van der Waals surface area (Å²) >= 11 is 19.1. The molecule has 1 aliphatic heterocycles. The molecule has 2 heterocycles. The first-order valence-electron chi connectivity index (χ1n) is 8.08. The molecule has 1 fully saturated rings. The van der Waals surface area contributed by atoms with Crippen molar-refractivity contribution in [2.45, 2.75) is 0 Å². The van der Waals surface area contributed by atoms with E-state index in [1.165, 1.54) is 0 Å². The number of hydrogen-bond donors (Lipinski definition) is 1. The van der Waals surface area contributed by atoms with Crippen LogP contribution in [0.4, 0.5) is 10.5 Å². The second kappa shape index (κ2) is 8.05. The summed E-state index contributed by atoms with van der Waals surface area (Å²) in [4.78, 5) is 17.0. The predicted octanol–water partition coefficient (Wildman–Crippen LogP) is 7.43. The fourth-order valence-corrected chi connectivity index (χ4v) is 3.94. The molecule has 0 bridgehead atoms. The number of amides is 1. The van der Waals surface area contributed by atoms with Crippen LogP contribution in [0.1, 0.15) is 5.76 Å². The predicted molar refractivity (Wildman–Crippen MR) is 117 cm³/mol. The number of benzene rings is 2. The van der Waals surface area contributed by atoms with Crippen LogP contribution in [-0.2, 0) is 0 Å². The van der Waals surface area contributed by atoms with Crippen molar-refractivity contribution < 1.29 is 9.21 Å². The van der Waals surface area contributed by atoms with Gasteiger partial charge in [0.05, 0.1) is 10.6 Å². The Labute approximate surface area is 180 Å². The Hall–Kier alpha value is -2.18. The zero-order valence-corrected chi connectivity index (χ0v) is 17.2. The van der Waals surface area contributed by atoms with Gasteiger partial charge in [-0.05, 0) is 72.4 Å². The zero-order valence-electron chi connectivity index (χ0n) is 14.1. The molecule has 3 aromatic rings. The summed E-state index contributed by atoms with van der Waals surface area (Å²) in [7, 11) is 0. The van der Waals surface area contributed by atoms with Crippen molar-refractivity contribution in [1.29, 1.82) is 0 Å². The minimum atomic E-state index is -0.202. The minimum absolute atomic E-state index is 0.202. The van der Waals surface area contributed by atoms with Crippen molar-refractivity contribution in [3.05, 3.63) is 80.3 Å². The summed E-state index contributed by atoms with van der Waals surface area (Å²) in [6, 6.07) is 15.8. The summed E-state index contributed by atoms with van der Waals surface area (Å²) in [6.07, 6.45) is 1.76. The molecule has 4 nitrogen and oxygen atoms in total. The van der Waals surface area contributed by atoms with Crippen molar-refractivity contribution in [2.24, 2.45) is 4.99 Å². The zero-order chi connectivity index (χ0) is 19.7. The molecule has 0 saturated carbocycles. The second-order valence-corrected chi connectivity index (χ2v) is 8.14. The Bertz CT molecular complexity index is 1100. The van der Waals surface area contributed by atoms with E-state index in [2.05, 4.69) is 10.3 Å². The molecule has 1 aliphatic rings. The number of furan rings is 1. The molecular weight excluding hydrogens is 439 g/mol. The summed E-state index contributed by atoms with van der Waals surface area (Å²) in [6.45, 7) is 0. The van der Waals surface area contributed by atoms with Crippen LogP contribution < -0.4 is 5.32 Å². The molecule has 0 aliphatic carbocycles. The maximum Gasteiger partial charge on any atom is 0.289 e. The van der Waals surface area contributed by atoms with Gasteiger partial charge in [-0.15, -0.1) is 0 Å². The molecular formula is C20H11Cl3N2O2S. The van der Waals surface area contributed by atoms with Crippen molar-refractivity contribution >= 4 is 69.4 Å². The molecule has 28 heavy (non-hydrogen) atoms. The van der Waals surface area contributed by atoms with Crippen molar-refractivity contribution in [1.82, 2.24) is 5.32 Å². The van der Waals surface area contributed by atoms with E-state index in [0.29, 0.717) is 43.0 Å². The average molecular weight is 450 g/mol. The highest BCUT2D eigenvalue weighted by molar-refractivity contribution is 8.18. The third-order valence-electron chi connectivity index (χ3n) is 3.77. The molecule has 0 unspecified atom stereocenters. The van der Waals surface area contributed by atoms with Gasteiger partial charge in [0.25, 0.3) is 5.24 Å². The largest absolute Gasteiger partial charge is 0.457 e. The Kier molecular flexibility index (Phi) is 5.51. The fraction of sp³-hybridized carbons (Fsp3) is 0. The van der Waals surface area contributed by atoms with Gasteiger partial charge < -0.3 is 9.73 Å². The molecule has 0 spiro atoms. The van der Waals surface area contributed by atoms with Gasteiger partial charge in [0.15, 0.2) is 0 Å². The van der Waals surface area contributed by atoms with E-state index in [1.54, 1.807) is 54.6 Å². The van der Waals surface area contributed by atoms with Crippen LogP contribution >= 0.6 is 46.6 Å². The van der Waals surface area contributed by atoms with E-state index in [-0.39, 0.29) is 5.24 Å². The van der Waals surface area contributed by atoms with Gasteiger partial charge >= 0.3 is 0 Å². The Morgan fingerprint density at radius 3 is 2.36 bits per heavy atom. The number of carbonyl (C=O) groups is 1. The summed E-state index contributed by atoms with van der Waals surface area (Å²) in [5, 5.41) is 4.21. The van der Waals surface area contributed by atoms with E-state index in [0.717, 1.165) is 17.3 Å². The van der Waals surface area contributed by atoms with Gasteiger partial charge in [-0.1, -0.05) is 34.8 Å². The standard InChI is InChI=1S/C20H11Cl3N2O2S/c21-12-1-3-15(4-2-12)24-19-18(28-20(26)25-19)10-16-5-6-17(27-16)11-7-13(22)9-14(23)8-11/h1-10H,(H,24,25,26). The molecule has 1 amide bonds. The highest BCUT2D eigenvalue weighted by atomic mass is 35.5. The number of hydrogen-bond acceptors (Lipinski definition) is 4. The van der Waals surface area contributed by atoms with Gasteiger partial charge in [0, 0.05) is 20.6 Å². The Morgan fingerprint density at radius 1 is 0.929 bits per heavy atom. The number of nitrogens with zero attached hydrogens (tertiary/aromatic N) is 1. The van der Waals surface area contributed by atoms with Crippen LogP contribution in [0, 0.1) is 0 Å². The summed E-state index contributed by atoms with van der Waals surface area (Å²) < 4.78 is 5.87. The number of thioether (sulfide) groups is 1. The highest BCUT2D eigenvalue weighted by Gasteiger charge is 2.24. The van der Waals surface area contributed by atoms with E-state index in [1.807, 2.05) is 6.07 Å². The first kappa shape index (κ1) is 19.2. The lowest BCUT2D eigenvalue weighted by Crippen LogP contribution is -2.18. The van der Waals surface area contributed by atoms with Crippen molar-refractivity contribution in [2.75, 3.05) is 0 Å². The number of aliphatic imine (C=N–C) groups is 1. The van der Waals surface area contributed by atoms with Gasteiger partial charge in [-0.3, -0.25) is 4.79 Å². The van der Waals surface area contributed by atoms with Gasteiger partial charge in [0.1, 0.15) is 17.4 Å². The normalized spacial score (nSPS) is 16.8. The van der Waals surface area contributed by atoms with Crippen LogP contribution in [0.25, 0.3) is 17.4 Å². The molecule has 0 radical (unpaired) electrons. The molecule has 140 valence electrons. The third-order valence-corrected chi connectivity index (χ3v) is 5.28. The summed E-state index contributed by atoms with van der Waals surface area (Å²) in [5.41, 5.74) is 1.45. The minimum Gasteiger partial charge on any atom is -0.457 e. The third kappa shape index (κ3) is 4.45. The smallest absolute Gasteiger partial charge is 0.289 e. The molecule has 1 N–H and O–H groups in total. The lowest BCUT2D eigenvalue weighted by atomic mass is 10.2. The summed E-state index contributed by atoms with van der Waals surface area (Å²) in [5.74, 6) is 1.66. The van der Waals surface area contributed by atoms with Crippen molar-refractivity contribution in [3.8, 4) is 11.3 Å². The number of nitrogens with one attached hydrogen (secondary N) is 1. The van der Waals surface area contributed by atoms with E-state index in [4.69, 9.17) is 39.2 Å².